The van der Waals surface area contributed by atoms with Crippen molar-refractivity contribution < 1.29 is 19.3 Å². The molecule has 0 aliphatic rings. The third kappa shape index (κ3) is 8.53. The fraction of sp³-hybridized carbons (Fsp3) is 0.0645. The lowest BCUT2D eigenvalue weighted by molar-refractivity contribution is -0.384. The number of amides is 3. The molecule has 3 N–H and O–H groups in total. The molecule has 0 fully saturated rings. The largest absolute Gasteiger partial charge is 0.325 e. The van der Waals surface area contributed by atoms with E-state index in [1.54, 1.807) is 66.7 Å². The molecule has 0 aliphatic heterocycles. The molecular weight excluding hydrogens is 576 g/mol. The highest BCUT2D eigenvalue weighted by molar-refractivity contribution is 8.00. The molecule has 42 heavy (non-hydrogen) atoms. The molecule has 0 spiro atoms. The summed E-state index contributed by atoms with van der Waals surface area (Å²) >= 11 is 7.44. The topological polar surface area (TPSA) is 130 Å². The molecule has 4 aromatic carbocycles. The molecule has 9 nitrogen and oxygen atoms in total. The van der Waals surface area contributed by atoms with Gasteiger partial charge < -0.3 is 16.0 Å². The van der Waals surface area contributed by atoms with Crippen LogP contribution >= 0.6 is 23.4 Å². The number of carbonyl (C=O) groups is 3. The SMILES string of the molecule is Cc1ccc(NC(=O)CSc2ccc(NC(=O)/C(=C/c3ccc([N+](=O)[O-])cc3)NC(=O)c3ccccc3)cc2)cc1Cl. The van der Waals surface area contributed by atoms with Crippen LogP contribution in [0.25, 0.3) is 6.08 Å². The van der Waals surface area contributed by atoms with Crippen molar-refractivity contribution in [3.05, 3.63) is 135 Å². The summed E-state index contributed by atoms with van der Waals surface area (Å²) < 4.78 is 0. The number of nitro groups is 1. The predicted molar refractivity (Wildman–Crippen MR) is 166 cm³/mol. The second-order valence-electron chi connectivity index (χ2n) is 9.01. The number of benzene rings is 4. The Morgan fingerprint density at radius 3 is 2.19 bits per heavy atom. The van der Waals surface area contributed by atoms with Gasteiger partial charge >= 0.3 is 0 Å². The molecule has 4 rings (SSSR count). The zero-order valence-electron chi connectivity index (χ0n) is 22.3. The van der Waals surface area contributed by atoms with Crippen molar-refractivity contribution >= 4 is 64.2 Å². The highest BCUT2D eigenvalue weighted by Crippen LogP contribution is 2.23. The normalized spacial score (nSPS) is 11.0. The average Bonchev–Trinajstić information content (AvgIpc) is 2.99. The number of non-ortho nitro benzene ring substituents is 1. The van der Waals surface area contributed by atoms with Gasteiger partial charge in [0.2, 0.25) is 5.91 Å². The van der Waals surface area contributed by atoms with E-state index in [-0.39, 0.29) is 23.0 Å². The Labute approximate surface area is 251 Å². The average molecular weight is 601 g/mol. The minimum absolute atomic E-state index is 0.0518. The number of hydrogen-bond acceptors (Lipinski definition) is 6. The number of nitrogens with zero attached hydrogens (tertiary/aromatic N) is 1. The van der Waals surface area contributed by atoms with Crippen LogP contribution in [0.3, 0.4) is 0 Å². The lowest BCUT2D eigenvalue weighted by Crippen LogP contribution is -2.30. The highest BCUT2D eigenvalue weighted by Gasteiger charge is 2.16. The van der Waals surface area contributed by atoms with Gasteiger partial charge in [0.15, 0.2) is 0 Å². The summed E-state index contributed by atoms with van der Waals surface area (Å²) in [5.74, 6) is -1.09. The van der Waals surface area contributed by atoms with E-state index in [4.69, 9.17) is 11.6 Å². The van der Waals surface area contributed by atoms with E-state index in [2.05, 4.69) is 16.0 Å². The van der Waals surface area contributed by atoms with E-state index in [0.717, 1.165) is 10.5 Å². The molecule has 0 aromatic heterocycles. The summed E-state index contributed by atoms with van der Waals surface area (Å²) in [7, 11) is 0. The number of hydrogen-bond donors (Lipinski definition) is 3. The Hall–Kier alpha value is -4.93. The van der Waals surface area contributed by atoms with Crippen LogP contribution in [0.4, 0.5) is 17.1 Å². The molecule has 4 aromatic rings. The van der Waals surface area contributed by atoms with Crippen LogP contribution in [-0.2, 0) is 9.59 Å². The van der Waals surface area contributed by atoms with Gasteiger partial charge in [0.1, 0.15) is 5.70 Å². The molecular formula is C31H25ClN4O5S. The van der Waals surface area contributed by atoms with Crippen molar-refractivity contribution in [3.63, 3.8) is 0 Å². The molecule has 0 unspecified atom stereocenters. The van der Waals surface area contributed by atoms with Crippen molar-refractivity contribution in [1.29, 1.82) is 0 Å². The Morgan fingerprint density at radius 1 is 0.881 bits per heavy atom. The van der Waals surface area contributed by atoms with Gasteiger partial charge in [0, 0.05) is 39.0 Å². The Morgan fingerprint density at radius 2 is 1.55 bits per heavy atom. The number of anilines is 2. The Kier molecular flexibility index (Phi) is 10.1. The second kappa shape index (κ2) is 14.1. The number of carbonyl (C=O) groups excluding carboxylic acids is 3. The minimum atomic E-state index is -0.589. The van der Waals surface area contributed by atoms with Crippen LogP contribution in [0.5, 0.6) is 0 Å². The lowest BCUT2D eigenvalue weighted by Gasteiger charge is -2.12. The van der Waals surface area contributed by atoms with Gasteiger partial charge in [-0.15, -0.1) is 11.8 Å². The Balaban J connectivity index is 1.41. The van der Waals surface area contributed by atoms with Crippen LogP contribution in [0, 0.1) is 17.0 Å². The predicted octanol–water partition coefficient (Wildman–Crippen LogP) is 6.70. The molecule has 0 saturated heterocycles. The first kappa shape index (κ1) is 30.0. The first-order valence-corrected chi connectivity index (χ1v) is 14.0. The van der Waals surface area contributed by atoms with E-state index in [0.29, 0.717) is 27.5 Å². The molecule has 11 heteroatoms. The van der Waals surface area contributed by atoms with Crippen molar-refractivity contribution in [2.24, 2.45) is 0 Å². The smallest absolute Gasteiger partial charge is 0.272 e. The number of aryl methyl sites for hydroxylation is 1. The zero-order valence-corrected chi connectivity index (χ0v) is 23.9. The van der Waals surface area contributed by atoms with Gasteiger partial charge in [-0.2, -0.15) is 0 Å². The van der Waals surface area contributed by atoms with Crippen molar-refractivity contribution in [1.82, 2.24) is 5.32 Å². The molecule has 0 atom stereocenters. The summed E-state index contributed by atoms with van der Waals surface area (Å²) in [6.45, 7) is 1.88. The number of thioether (sulfide) groups is 1. The number of halogens is 1. The van der Waals surface area contributed by atoms with Gasteiger partial charge in [-0.25, -0.2) is 0 Å². The molecule has 3 amide bonds. The van der Waals surface area contributed by atoms with Crippen molar-refractivity contribution in [3.8, 4) is 0 Å². The van der Waals surface area contributed by atoms with Gasteiger partial charge in [-0.05, 0) is 84.8 Å². The minimum Gasteiger partial charge on any atom is -0.325 e. The maximum Gasteiger partial charge on any atom is 0.272 e. The molecule has 0 heterocycles. The quantitative estimate of drug-likeness (QED) is 0.0804. The highest BCUT2D eigenvalue weighted by atomic mass is 35.5. The molecule has 0 saturated carbocycles. The van der Waals surface area contributed by atoms with Gasteiger partial charge in [-0.3, -0.25) is 24.5 Å². The van der Waals surface area contributed by atoms with Crippen LogP contribution in [0.15, 0.2) is 108 Å². The first-order valence-electron chi connectivity index (χ1n) is 12.6. The summed E-state index contributed by atoms with van der Waals surface area (Å²) in [6.07, 6.45) is 1.43. The molecule has 0 aliphatic carbocycles. The van der Waals surface area contributed by atoms with E-state index in [1.807, 2.05) is 13.0 Å². The van der Waals surface area contributed by atoms with Crippen LogP contribution < -0.4 is 16.0 Å². The van der Waals surface area contributed by atoms with Gasteiger partial charge in [0.05, 0.1) is 10.7 Å². The fourth-order valence-corrected chi connectivity index (χ4v) is 4.53. The van der Waals surface area contributed by atoms with E-state index < -0.39 is 16.7 Å². The maximum absolute atomic E-state index is 13.2. The first-order chi connectivity index (χ1) is 20.2. The summed E-state index contributed by atoms with van der Waals surface area (Å²) in [5, 5.41) is 19.7. The van der Waals surface area contributed by atoms with Gasteiger partial charge in [0.25, 0.3) is 17.5 Å². The fourth-order valence-electron chi connectivity index (χ4n) is 3.65. The molecule has 212 valence electrons. The zero-order chi connectivity index (χ0) is 30.1. The monoisotopic (exact) mass is 600 g/mol. The molecule has 0 radical (unpaired) electrons. The molecule has 0 bridgehead atoms. The number of rotatable bonds is 10. The summed E-state index contributed by atoms with van der Waals surface area (Å²) in [5.41, 5.74) is 2.69. The summed E-state index contributed by atoms with van der Waals surface area (Å²) in [4.78, 5) is 49.6. The number of nitrogens with one attached hydrogen (secondary N) is 3. The van der Waals surface area contributed by atoms with Crippen LogP contribution in [0.2, 0.25) is 5.02 Å². The van der Waals surface area contributed by atoms with Crippen LogP contribution in [0.1, 0.15) is 21.5 Å². The van der Waals surface area contributed by atoms with Gasteiger partial charge in [-0.1, -0.05) is 35.9 Å². The van der Waals surface area contributed by atoms with E-state index in [1.165, 1.54) is 42.1 Å². The lowest BCUT2D eigenvalue weighted by atomic mass is 10.1. The third-order valence-corrected chi connectivity index (χ3v) is 7.30. The summed E-state index contributed by atoms with van der Waals surface area (Å²) in [6, 6.07) is 26.2. The Bertz CT molecular complexity index is 1640. The number of nitro benzene ring substituents is 1. The van der Waals surface area contributed by atoms with E-state index >= 15 is 0 Å². The van der Waals surface area contributed by atoms with Crippen molar-refractivity contribution in [2.75, 3.05) is 16.4 Å². The third-order valence-electron chi connectivity index (χ3n) is 5.88. The van der Waals surface area contributed by atoms with E-state index in [9.17, 15) is 24.5 Å². The van der Waals surface area contributed by atoms with Crippen LogP contribution in [-0.4, -0.2) is 28.4 Å². The second-order valence-corrected chi connectivity index (χ2v) is 10.5. The van der Waals surface area contributed by atoms with Crippen molar-refractivity contribution in [2.45, 2.75) is 11.8 Å². The maximum atomic E-state index is 13.2. The standard InChI is InChI=1S/C31H25ClN4O5S/c1-20-7-10-24(18-27(20)32)33-29(37)19-42-26-15-11-23(12-16-26)34-31(39)28(35-30(38)22-5-3-2-4-6-22)17-21-8-13-25(14-9-21)36(40)41/h2-18H,19H2,1H3,(H,33,37)(H,34,39)(H,35,38)/b28-17-.